The summed E-state index contributed by atoms with van der Waals surface area (Å²) in [7, 11) is 0. The molecular weight excluding hydrogens is 463 g/mol. The van der Waals surface area contributed by atoms with Crippen LogP contribution in [0.1, 0.15) is 54.9 Å². The summed E-state index contributed by atoms with van der Waals surface area (Å²) >= 11 is 0. The molecule has 1 aliphatic carbocycles. The molecule has 1 unspecified atom stereocenters. The van der Waals surface area contributed by atoms with E-state index in [9.17, 15) is 4.39 Å². The average Bonchev–Trinajstić information content (AvgIpc) is 3.27. The second-order valence-corrected chi connectivity index (χ2v) is 9.98. The third-order valence-electron chi connectivity index (χ3n) is 7.33. The number of nitrogens with two attached hydrogens (primary N) is 1. The van der Waals surface area contributed by atoms with E-state index in [1.54, 1.807) is 0 Å². The average molecular weight is 501 g/mol. The number of allylic oxidation sites excluding steroid dienone is 1. The van der Waals surface area contributed by atoms with Gasteiger partial charge in [-0.05, 0) is 109 Å². The van der Waals surface area contributed by atoms with Gasteiger partial charge in [0.25, 0.3) is 0 Å². The first-order valence-electron chi connectivity index (χ1n) is 13.5. The van der Waals surface area contributed by atoms with Crippen molar-refractivity contribution in [2.75, 3.05) is 43.9 Å². The fourth-order valence-corrected chi connectivity index (χ4v) is 5.56. The summed E-state index contributed by atoms with van der Waals surface area (Å²) in [6.45, 7) is 5.31. The third-order valence-corrected chi connectivity index (χ3v) is 7.33. The Morgan fingerprint density at radius 3 is 2.68 bits per heavy atom. The normalized spacial score (nSPS) is 17.9. The number of hydrogen-bond donors (Lipinski definition) is 2. The number of hydrogen-bond acceptors (Lipinski definition) is 5. The van der Waals surface area contributed by atoms with Crippen molar-refractivity contribution in [1.82, 2.24) is 9.88 Å². The third kappa shape index (κ3) is 5.96. The van der Waals surface area contributed by atoms with E-state index in [0.29, 0.717) is 6.42 Å². The van der Waals surface area contributed by atoms with E-state index >= 15 is 0 Å². The van der Waals surface area contributed by atoms with E-state index in [0.717, 1.165) is 74.7 Å². The lowest BCUT2D eigenvalue weighted by Gasteiger charge is -2.19. The standard InChI is InChI=1S/C31H37FN4O/c1-2-34-30-14-9-24(20-35-30)28-6-3-5-23-19-25(33)10-13-29(23)31(28)22-7-11-26(12-8-22)37-27-15-18-36(21-27)17-4-16-32/h7-14,19-20,27H,2-6,15-18,21,33H2,1H3,(H,34,35). The van der Waals surface area contributed by atoms with Crippen LogP contribution in [0.5, 0.6) is 5.75 Å². The highest BCUT2D eigenvalue weighted by molar-refractivity contribution is 6.00. The molecule has 3 N–H and O–H groups in total. The molecule has 0 saturated carbocycles. The molecule has 194 valence electrons. The molecule has 37 heavy (non-hydrogen) atoms. The highest BCUT2D eigenvalue weighted by Crippen LogP contribution is 2.40. The van der Waals surface area contributed by atoms with Crippen molar-refractivity contribution in [2.24, 2.45) is 0 Å². The molecule has 1 saturated heterocycles. The van der Waals surface area contributed by atoms with Gasteiger partial charge in [-0.15, -0.1) is 0 Å². The first-order chi connectivity index (χ1) is 18.1. The molecule has 0 amide bonds. The Hall–Kier alpha value is -3.38. The predicted octanol–water partition coefficient (Wildman–Crippen LogP) is 6.20. The lowest BCUT2D eigenvalue weighted by atomic mass is 9.88. The molecule has 6 heteroatoms. The van der Waals surface area contributed by atoms with Crippen LogP contribution >= 0.6 is 0 Å². The Labute approximate surface area is 219 Å². The van der Waals surface area contributed by atoms with E-state index in [-0.39, 0.29) is 12.8 Å². The number of likely N-dealkylation sites (tertiary alicyclic amines) is 1. The van der Waals surface area contributed by atoms with Gasteiger partial charge in [0.05, 0.1) is 6.67 Å². The van der Waals surface area contributed by atoms with Crippen molar-refractivity contribution in [3.8, 4) is 5.75 Å². The van der Waals surface area contributed by atoms with E-state index in [4.69, 9.17) is 10.5 Å². The maximum absolute atomic E-state index is 12.5. The molecule has 0 bridgehead atoms. The zero-order valence-corrected chi connectivity index (χ0v) is 21.7. The van der Waals surface area contributed by atoms with Gasteiger partial charge in [0.1, 0.15) is 17.7 Å². The first-order valence-corrected chi connectivity index (χ1v) is 13.5. The van der Waals surface area contributed by atoms with E-state index in [1.165, 1.54) is 27.8 Å². The highest BCUT2D eigenvalue weighted by Gasteiger charge is 2.24. The van der Waals surface area contributed by atoms with Crippen LogP contribution in [0.25, 0.3) is 11.1 Å². The Kier molecular flexibility index (Phi) is 8.05. The molecule has 1 aromatic heterocycles. The van der Waals surface area contributed by atoms with Gasteiger partial charge in [0.15, 0.2) is 0 Å². The fourth-order valence-electron chi connectivity index (χ4n) is 5.56. The second-order valence-electron chi connectivity index (χ2n) is 9.98. The summed E-state index contributed by atoms with van der Waals surface area (Å²) in [4.78, 5) is 6.95. The SMILES string of the molecule is CCNc1ccc(C2=C(c3ccc(OC4CCN(CCCF)C4)cc3)c3ccc(N)cc3CCC2)cn1. The van der Waals surface area contributed by atoms with Crippen molar-refractivity contribution in [2.45, 2.75) is 45.1 Å². The monoisotopic (exact) mass is 500 g/mol. The lowest BCUT2D eigenvalue weighted by molar-refractivity contribution is 0.198. The van der Waals surface area contributed by atoms with Gasteiger partial charge in [-0.25, -0.2) is 4.98 Å². The Balaban J connectivity index is 1.45. The van der Waals surface area contributed by atoms with Gasteiger partial charge >= 0.3 is 0 Å². The van der Waals surface area contributed by atoms with E-state index in [1.807, 2.05) is 12.3 Å². The largest absolute Gasteiger partial charge is 0.489 e. The van der Waals surface area contributed by atoms with Crippen LogP contribution in [-0.4, -0.2) is 48.8 Å². The van der Waals surface area contributed by atoms with Crippen LogP contribution in [0.2, 0.25) is 0 Å². The molecule has 0 radical (unpaired) electrons. The van der Waals surface area contributed by atoms with Crippen molar-refractivity contribution < 1.29 is 9.13 Å². The number of anilines is 2. The Morgan fingerprint density at radius 1 is 1.08 bits per heavy atom. The molecule has 2 heterocycles. The van der Waals surface area contributed by atoms with Crippen molar-refractivity contribution >= 4 is 22.7 Å². The Bertz CT molecular complexity index is 1220. The van der Waals surface area contributed by atoms with Gasteiger partial charge in [-0.2, -0.15) is 0 Å². The molecule has 2 aromatic carbocycles. The van der Waals surface area contributed by atoms with Gasteiger partial charge < -0.3 is 15.8 Å². The number of ether oxygens (including phenoxy) is 1. The van der Waals surface area contributed by atoms with Crippen molar-refractivity contribution in [1.29, 1.82) is 0 Å². The Morgan fingerprint density at radius 2 is 1.92 bits per heavy atom. The fraction of sp³-hybridized carbons (Fsp3) is 0.387. The summed E-state index contributed by atoms with van der Waals surface area (Å²) in [6.07, 6.45) is 6.75. The van der Waals surface area contributed by atoms with Crippen LogP contribution in [0.3, 0.4) is 0 Å². The smallest absolute Gasteiger partial charge is 0.125 e. The molecule has 1 aliphatic heterocycles. The summed E-state index contributed by atoms with van der Waals surface area (Å²) in [6, 6.07) is 19.0. The minimum Gasteiger partial charge on any atom is -0.489 e. The van der Waals surface area contributed by atoms with Crippen molar-refractivity contribution in [3.05, 3.63) is 83.0 Å². The van der Waals surface area contributed by atoms with Crippen LogP contribution in [0.4, 0.5) is 15.9 Å². The number of halogens is 1. The number of rotatable bonds is 9. The summed E-state index contributed by atoms with van der Waals surface area (Å²) in [5.74, 6) is 1.78. The molecule has 0 spiro atoms. The van der Waals surface area contributed by atoms with Crippen LogP contribution < -0.4 is 15.8 Å². The van der Waals surface area contributed by atoms with Gasteiger partial charge in [-0.3, -0.25) is 9.29 Å². The summed E-state index contributed by atoms with van der Waals surface area (Å²) < 4.78 is 18.8. The number of nitrogens with one attached hydrogen (secondary N) is 1. The van der Waals surface area contributed by atoms with Gasteiger partial charge in [-0.1, -0.05) is 18.2 Å². The highest BCUT2D eigenvalue weighted by atomic mass is 19.1. The first kappa shape index (κ1) is 25.3. The van der Waals surface area contributed by atoms with Crippen LogP contribution in [0, 0.1) is 0 Å². The molecule has 1 atom stereocenters. The summed E-state index contributed by atoms with van der Waals surface area (Å²) in [5, 5.41) is 3.29. The number of benzene rings is 2. The van der Waals surface area contributed by atoms with Crippen LogP contribution in [0.15, 0.2) is 60.8 Å². The predicted molar refractivity (Wildman–Crippen MR) is 151 cm³/mol. The quantitative estimate of drug-likeness (QED) is 0.342. The number of aromatic nitrogens is 1. The minimum atomic E-state index is -0.257. The number of pyridine rings is 1. The number of alkyl halides is 1. The van der Waals surface area contributed by atoms with Gasteiger partial charge in [0, 0.05) is 38.1 Å². The number of fused-ring (bicyclic) bond motifs is 1. The molecular formula is C31H37FN4O. The molecule has 2 aliphatic rings. The lowest BCUT2D eigenvalue weighted by Crippen LogP contribution is -2.26. The second kappa shape index (κ2) is 11.8. The molecule has 5 nitrogen and oxygen atoms in total. The van der Waals surface area contributed by atoms with Crippen molar-refractivity contribution in [3.63, 3.8) is 0 Å². The van der Waals surface area contributed by atoms with Gasteiger partial charge in [0.2, 0.25) is 0 Å². The minimum absolute atomic E-state index is 0.156. The maximum atomic E-state index is 12.5. The molecule has 3 aromatic rings. The van der Waals surface area contributed by atoms with Crippen LogP contribution in [-0.2, 0) is 6.42 Å². The number of nitrogen functional groups attached to an aromatic ring is 1. The van der Waals surface area contributed by atoms with E-state index < -0.39 is 0 Å². The zero-order chi connectivity index (χ0) is 25.6. The summed E-state index contributed by atoms with van der Waals surface area (Å²) in [5.41, 5.74) is 14.4. The number of aryl methyl sites for hydroxylation is 1. The zero-order valence-electron chi connectivity index (χ0n) is 21.7. The van der Waals surface area contributed by atoms with E-state index in [2.05, 4.69) is 70.7 Å². The maximum Gasteiger partial charge on any atom is 0.125 e. The topological polar surface area (TPSA) is 63.4 Å². The molecule has 1 fully saturated rings. The molecule has 5 rings (SSSR count). The number of nitrogens with zero attached hydrogens (tertiary/aromatic N) is 2.